The third-order valence-corrected chi connectivity index (χ3v) is 5.63. The van der Waals surface area contributed by atoms with Crippen molar-refractivity contribution in [3.8, 4) is 0 Å². The number of aliphatic hydroxyl groups excluding tert-OH is 1. The smallest absolute Gasteiger partial charge is 0.334 e. The van der Waals surface area contributed by atoms with E-state index in [-0.39, 0.29) is 12.0 Å². The molecule has 0 unspecified atom stereocenters. The molecule has 33 heavy (non-hydrogen) atoms. The Hall–Kier alpha value is -3.72. The molecule has 5 N–H and O–H groups in total. The molecule has 0 spiro atoms. The Kier molecular flexibility index (Phi) is 7.13. The molecule has 2 amide bonds. The van der Waals surface area contributed by atoms with Crippen molar-refractivity contribution < 1.29 is 24.6 Å². The lowest BCUT2D eigenvalue weighted by Crippen LogP contribution is -2.48. The Morgan fingerprint density at radius 2 is 1.85 bits per heavy atom. The molecule has 0 fully saturated rings. The summed E-state index contributed by atoms with van der Waals surface area (Å²) >= 11 is 0. The lowest BCUT2D eigenvalue weighted by Gasteiger charge is -2.22. The molecule has 1 aromatic heterocycles. The largest absolute Gasteiger partial charge is 0.479 e. The van der Waals surface area contributed by atoms with Crippen LogP contribution in [-0.2, 0) is 17.6 Å². The fourth-order valence-corrected chi connectivity index (χ4v) is 4.00. The van der Waals surface area contributed by atoms with Gasteiger partial charge in [-0.1, -0.05) is 37.3 Å². The monoisotopic (exact) mass is 452 g/mol. The molecular formula is C24H28N4O5. The Morgan fingerprint density at radius 3 is 2.42 bits per heavy atom. The van der Waals surface area contributed by atoms with Gasteiger partial charge in [-0.3, -0.25) is 4.79 Å². The van der Waals surface area contributed by atoms with Gasteiger partial charge in [0, 0.05) is 12.0 Å². The minimum Gasteiger partial charge on any atom is -0.479 e. The van der Waals surface area contributed by atoms with Crippen molar-refractivity contribution in [2.45, 2.75) is 52.2 Å². The van der Waals surface area contributed by atoms with Gasteiger partial charge < -0.3 is 21.3 Å². The van der Waals surface area contributed by atoms with Gasteiger partial charge in [-0.15, -0.1) is 0 Å². The van der Waals surface area contributed by atoms with Crippen LogP contribution in [-0.4, -0.2) is 49.8 Å². The number of nitrogens with two attached hydrogens (primary N) is 1. The van der Waals surface area contributed by atoms with Crippen molar-refractivity contribution in [3.05, 3.63) is 64.5 Å². The summed E-state index contributed by atoms with van der Waals surface area (Å²) in [5, 5.41) is 22.2. The number of primary amides is 1. The zero-order chi connectivity index (χ0) is 24.3. The molecule has 9 heteroatoms. The molecule has 2 atom stereocenters. The zero-order valence-corrected chi connectivity index (χ0v) is 18.8. The maximum Gasteiger partial charge on any atom is 0.334 e. The number of aliphatic hydroxyl groups is 1. The van der Waals surface area contributed by atoms with Gasteiger partial charge in [0.2, 0.25) is 0 Å². The van der Waals surface area contributed by atoms with Gasteiger partial charge in [-0.2, -0.15) is 0 Å². The number of nitrogens with zero attached hydrogens (tertiary/aromatic N) is 2. The lowest BCUT2D eigenvalue weighted by molar-refractivity contribution is -0.148. The third-order valence-electron chi connectivity index (χ3n) is 5.63. The SMILES string of the molecule is CCCc1nc2c(C)cc(C(=O)N[C@H](Cc3ccccc3)[C@@H](O)C(=O)O)c(C)c2n1C(N)=O. The summed E-state index contributed by atoms with van der Waals surface area (Å²) in [5.74, 6) is -1.48. The van der Waals surface area contributed by atoms with Crippen LogP contribution < -0.4 is 11.1 Å². The Morgan fingerprint density at radius 1 is 1.18 bits per heavy atom. The number of hydrogen-bond acceptors (Lipinski definition) is 5. The minimum atomic E-state index is -1.80. The van der Waals surface area contributed by atoms with Crippen molar-refractivity contribution in [1.29, 1.82) is 0 Å². The second kappa shape index (κ2) is 9.83. The van der Waals surface area contributed by atoms with Crippen LogP contribution in [0.15, 0.2) is 36.4 Å². The van der Waals surface area contributed by atoms with E-state index in [0.717, 1.165) is 12.0 Å². The Labute approximate surface area is 191 Å². The minimum absolute atomic E-state index is 0.125. The zero-order valence-electron chi connectivity index (χ0n) is 18.8. The number of hydrogen-bond donors (Lipinski definition) is 4. The van der Waals surface area contributed by atoms with Crippen LogP contribution >= 0.6 is 0 Å². The van der Waals surface area contributed by atoms with Crippen LogP contribution in [0.4, 0.5) is 4.79 Å². The maximum atomic E-state index is 13.2. The maximum absolute atomic E-state index is 13.2. The van der Waals surface area contributed by atoms with Gasteiger partial charge >= 0.3 is 12.0 Å². The van der Waals surface area contributed by atoms with E-state index in [4.69, 9.17) is 5.73 Å². The Balaban J connectivity index is 2.04. The molecule has 1 heterocycles. The van der Waals surface area contributed by atoms with E-state index in [2.05, 4.69) is 10.3 Å². The van der Waals surface area contributed by atoms with Crippen LogP contribution in [0.2, 0.25) is 0 Å². The number of amides is 2. The highest BCUT2D eigenvalue weighted by atomic mass is 16.4. The van der Waals surface area contributed by atoms with Gasteiger partial charge in [0.1, 0.15) is 5.82 Å². The number of imidazole rings is 1. The molecule has 174 valence electrons. The number of rotatable bonds is 8. The summed E-state index contributed by atoms with van der Waals surface area (Å²) in [6.07, 6.45) is -0.370. The molecular weight excluding hydrogens is 424 g/mol. The van der Waals surface area contributed by atoms with E-state index in [1.54, 1.807) is 44.2 Å². The van der Waals surface area contributed by atoms with E-state index < -0.39 is 30.1 Å². The summed E-state index contributed by atoms with van der Waals surface area (Å²) in [5.41, 5.74) is 8.85. The second-order valence-corrected chi connectivity index (χ2v) is 8.07. The summed E-state index contributed by atoms with van der Waals surface area (Å²) in [6, 6.07) is 8.87. The summed E-state index contributed by atoms with van der Waals surface area (Å²) < 4.78 is 1.32. The van der Waals surface area contributed by atoms with Crippen LogP contribution in [0.25, 0.3) is 11.0 Å². The second-order valence-electron chi connectivity index (χ2n) is 8.07. The fourth-order valence-electron chi connectivity index (χ4n) is 4.00. The van der Waals surface area contributed by atoms with E-state index in [9.17, 15) is 24.6 Å². The molecule has 0 saturated carbocycles. The topological polar surface area (TPSA) is 148 Å². The number of carboxylic acids is 1. The molecule has 0 aliphatic heterocycles. The van der Waals surface area contributed by atoms with Crippen LogP contribution in [0, 0.1) is 13.8 Å². The highest BCUT2D eigenvalue weighted by molar-refractivity contribution is 6.03. The van der Waals surface area contributed by atoms with Crippen molar-refractivity contribution in [1.82, 2.24) is 14.9 Å². The molecule has 2 aromatic carbocycles. The molecule has 3 rings (SSSR count). The molecule has 0 aliphatic rings. The molecule has 0 bridgehead atoms. The average Bonchev–Trinajstić information content (AvgIpc) is 3.16. The van der Waals surface area contributed by atoms with Gasteiger partial charge in [-0.25, -0.2) is 19.1 Å². The van der Waals surface area contributed by atoms with Gasteiger partial charge in [0.05, 0.1) is 17.1 Å². The van der Waals surface area contributed by atoms with Gasteiger partial charge in [-0.05, 0) is 49.4 Å². The molecule has 0 aliphatic carbocycles. The number of carbonyl (C=O) groups excluding carboxylic acids is 2. The van der Waals surface area contributed by atoms with Gasteiger partial charge in [0.15, 0.2) is 6.10 Å². The molecule has 0 saturated heterocycles. The first-order valence-corrected chi connectivity index (χ1v) is 10.7. The number of carboxylic acid groups (broad SMARTS) is 1. The number of fused-ring (bicyclic) bond motifs is 1. The van der Waals surface area contributed by atoms with Crippen molar-refractivity contribution in [3.63, 3.8) is 0 Å². The number of aryl methyl sites for hydroxylation is 3. The van der Waals surface area contributed by atoms with Crippen LogP contribution in [0.1, 0.15) is 46.2 Å². The van der Waals surface area contributed by atoms with Gasteiger partial charge in [0.25, 0.3) is 5.91 Å². The number of benzene rings is 2. The third kappa shape index (κ3) is 4.88. The van der Waals surface area contributed by atoms with Crippen molar-refractivity contribution in [2.75, 3.05) is 0 Å². The first-order valence-electron chi connectivity index (χ1n) is 10.7. The first-order chi connectivity index (χ1) is 15.6. The lowest BCUT2D eigenvalue weighted by atomic mass is 9.98. The highest BCUT2D eigenvalue weighted by Gasteiger charge is 2.29. The summed E-state index contributed by atoms with van der Waals surface area (Å²) in [4.78, 5) is 41.5. The quantitative estimate of drug-likeness (QED) is 0.412. The normalized spacial score (nSPS) is 13.0. The van der Waals surface area contributed by atoms with Crippen molar-refractivity contribution >= 4 is 28.9 Å². The molecule has 0 radical (unpaired) electrons. The Bertz CT molecular complexity index is 1200. The predicted molar refractivity (Wildman–Crippen MR) is 123 cm³/mol. The predicted octanol–water partition coefficient (Wildman–Crippen LogP) is 2.32. The van der Waals surface area contributed by atoms with E-state index in [1.165, 1.54) is 4.57 Å². The van der Waals surface area contributed by atoms with Crippen LogP contribution in [0.5, 0.6) is 0 Å². The average molecular weight is 453 g/mol. The fraction of sp³-hybridized carbons (Fsp3) is 0.333. The van der Waals surface area contributed by atoms with E-state index >= 15 is 0 Å². The number of carbonyl (C=O) groups is 3. The first kappa shape index (κ1) is 23.9. The summed E-state index contributed by atoms with van der Waals surface area (Å²) in [7, 11) is 0. The summed E-state index contributed by atoms with van der Waals surface area (Å²) in [6.45, 7) is 5.43. The number of aliphatic carboxylic acids is 1. The number of aromatic nitrogens is 2. The highest BCUT2D eigenvalue weighted by Crippen LogP contribution is 2.27. The standard InChI is InChI=1S/C24H28N4O5/c1-4-8-18-27-19-13(2)11-16(14(3)20(19)28(18)24(25)33)22(30)26-17(21(29)23(31)32)12-15-9-6-5-7-10-15/h5-7,9-11,17,21,29H,4,8,12H2,1-3H3,(H2,25,33)(H,26,30)(H,31,32)/t17-,21-/m1/s1. The van der Waals surface area contributed by atoms with E-state index in [0.29, 0.717) is 34.4 Å². The molecule has 3 aromatic rings. The number of nitrogens with one attached hydrogen (secondary N) is 1. The van der Waals surface area contributed by atoms with Crippen molar-refractivity contribution in [2.24, 2.45) is 5.73 Å². The van der Waals surface area contributed by atoms with E-state index in [1.807, 2.05) is 13.0 Å². The van der Waals surface area contributed by atoms with Crippen LogP contribution in [0.3, 0.4) is 0 Å². The molecule has 9 nitrogen and oxygen atoms in total.